The van der Waals surface area contributed by atoms with Crippen molar-refractivity contribution in [2.45, 2.75) is 0 Å². The highest BCUT2D eigenvalue weighted by Crippen LogP contribution is 2.31. The van der Waals surface area contributed by atoms with Crippen molar-refractivity contribution in [3.05, 3.63) is 81.0 Å². The second kappa shape index (κ2) is 7.74. The molecule has 3 aromatic rings. The number of benzene rings is 2. The van der Waals surface area contributed by atoms with Crippen molar-refractivity contribution in [3.8, 4) is 11.3 Å². The molecule has 2 aromatic carbocycles. The van der Waals surface area contributed by atoms with Crippen LogP contribution < -0.4 is 5.43 Å². The molecule has 7 heteroatoms. The molecule has 0 saturated heterocycles. The number of carbonyl (C=O) groups is 1. The summed E-state index contributed by atoms with van der Waals surface area (Å²) in [5.74, 6) is 0.669. The number of halogens is 3. The zero-order valence-corrected chi connectivity index (χ0v) is 14.9. The second-order valence-corrected chi connectivity index (χ2v) is 6.32. The minimum Gasteiger partial charge on any atom is -0.455 e. The Morgan fingerprint density at radius 3 is 2.56 bits per heavy atom. The SMILES string of the molecule is O=C(N/N=C\c1ccc(-c2ccc(Cl)cc2Cl)o1)c1cccc(Cl)c1. The minimum absolute atomic E-state index is 0.369. The monoisotopic (exact) mass is 392 g/mol. The van der Waals surface area contributed by atoms with E-state index in [1.807, 2.05) is 0 Å². The molecular weight excluding hydrogens is 383 g/mol. The average Bonchev–Trinajstić information content (AvgIpc) is 3.03. The molecule has 0 bridgehead atoms. The molecule has 25 heavy (non-hydrogen) atoms. The molecule has 3 rings (SSSR count). The molecule has 0 unspecified atom stereocenters. The van der Waals surface area contributed by atoms with E-state index in [-0.39, 0.29) is 5.91 Å². The van der Waals surface area contributed by atoms with Crippen LogP contribution in [0.1, 0.15) is 16.1 Å². The molecule has 0 saturated carbocycles. The molecule has 0 spiro atoms. The summed E-state index contributed by atoms with van der Waals surface area (Å²) in [4.78, 5) is 11.9. The number of rotatable bonds is 4. The number of nitrogens with zero attached hydrogens (tertiary/aromatic N) is 1. The third kappa shape index (κ3) is 4.42. The first-order valence-corrected chi connectivity index (χ1v) is 8.30. The zero-order chi connectivity index (χ0) is 17.8. The summed E-state index contributed by atoms with van der Waals surface area (Å²) in [7, 11) is 0. The molecule has 126 valence electrons. The van der Waals surface area contributed by atoms with Crippen LogP contribution in [0.25, 0.3) is 11.3 Å². The van der Waals surface area contributed by atoms with Crippen molar-refractivity contribution < 1.29 is 9.21 Å². The molecule has 4 nitrogen and oxygen atoms in total. The topological polar surface area (TPSA) is 54.6 Å². The summed E-state index contributed by atoms with van der Waals surface area (Å²) >= 11 is 17.9. The molecule has 1 aromatic heterocycles. The van der Waals surface area contributed by atoms with Crippen molar-refractivity contribution in [2.75, 3.05) is 0 Å². The first kappa shape index (κ1) is 17.5. The fourth-order valence-corrected chi connectivity index (χ4v) is 2.80. The average molecular weight is 394 g/mol. The van der Waals surface area contributed by atoms with E-state index in [4.69, 9.17) is 39.2 Å². The van der Waals surface area contributed by atoms with Gasteiger partial charge < -0.3 is 4.42 Å². The predicted octanol–water partition coefficient (Wildman–Crippen LogP) is 5.67. The number of hydrogen-bond acceptors (Lipinski definition) is 3. The molecule has 0 aliphatic carbocycles. The molecule has 0 fully saturated rings. The third-order valence-corrected chi connectivity index (χ3v) is 4.05. The maximum Gasteiger partial charge on any atom is 0.271 e. The van der Waals surface area contributed by atoms with Crippen LogP contribution >= 0.6 is 34.8 Å². The van der Waals surface area contributed by atoms with Gasteiger partial charge in [0.2, 0.25) is 0 Å². The summed E-state index contributed by atoms with van der Waals surface area (Å²) in [5, 5.41) is 5.39. The highest BCUT2D eigenvalue weighted by Gasteiger charge is 2.09. The van der Waals surface area contributed by atoms with Crippen molar-refractivity contribution in [3.63, 3.8) is 0 Å². The highest BCUT2D eigenvalue weighted by molar-refractivity contribution is 6.36. The van der Waals surface area contributed by atoms with Crippen molar-refractivity contribution >= 4 is 46.9 Å². The van der Waals surface area contributed by atoms with Gasteiger partial charge in [0.25, 0.3) is 5.91 Å². The maximum atomic E-state index is 11.9. The van der Waals surface area contributed by atoms with Gasteiger partial charge in [-0.2, -0.15) is 5.10 Å². The fraction of sp³-hybridized carbons (Fsp3) is 0. The largest absolute Gasteiger partial charge is 0.455 e. The molecule has 0 aliphatic rings. The number of amides is 1. The van der Waals surface area contributed by atoms with Crippen LogP contribution in [0.4, 0.5) is 0 Å². The smallest absolute Gasteiger partial charge is 0.271 e. The van der Waals surface area contributed by atoms with Crippen LogP contribution in [0, 0.1) is 0 Å². The number of carbonyl (C=O) groups excluding carboxylic acids is 1. The lowest BCUT2D eigenvalue weighted by Gasteiger charge is -2.01. The van der Waals surface area contributed by atoms with Gasteiger partial charge in [0.05, 0.1) is 11.2 Å². The number of nitrogens with one attached hydrogen (secondary N) is 1. The number of furan rings is 1. The van der Waals surface area contributed by atoms with Crippen LogP contribution in [0.15, 0.2) is 64.1 Å². The molecule has 1 heterocycles. The second-order valence-electron chi connectivity index (χ2n) is 5.04. The van der Waals surface area contributed by atoms with E-state index in [9.17, 15) is 4.79 Å². The Morgan fingerprint density at radius 2 is 1.80 bits per heavy atom. The van der Waals surface area contributed by atoms with Gasteiger partial charge in [0, 0.05) is 21.2 Å². The Labute approximate surface area is 159 Å². The van der Waals surface area contributed by atoms with E-state index in [0.717, 1.165) is 0 Å². The Morgan fingerprint density at radius 1 is 1.00 bits per heavy atom. The first-order valence-electron chi connectivity index (χ1n) is 7.17. The van der Waals surface area contributed by atoms with Gasteiger partial charge in [0.1, 0.15) is 11.5 Å². The van der Waals surface area contributed by atoms with E-state index in [1.165, 1.54) is 6.21 Å². The molecular formula is C18H11Cl3N2O2. The van der Waals surface area contributed by atoms with Crippen LogP contribution in [-0.4, -0.2) is 12.1 Å². The minimum atomic E-state index is -0.369. The molecule has 0 aliphatic heterocycles. The van der Waals surface area contributed by atoms with E-state index in [0.29, 0.717) is 37.7 Å². The van der Waals surface area contributed by atoms with E-state index in [2.05, 4.69) is 10.5 Å². The van der Waals surface area contributed by atoms with Crippen LogP contribution in [-0.2, 0) is 0 Å². The van der Waals surface area contributed by atoms with Crippen molar-refractivity contribution in [1.29, 1.82) is 0 Å². The Hall–Kier alpha value is -2.27. The van der Waals surface area contributed by atoms with E-state index < -0.39 is 0 Å². The van der Waals surface area contributed by atoms with Crippen molar-refractivity contribution in [2.24, 2.45) is 5.10 Å². The van der Waals surface area contributed by atoms with Crippen molar-refractivity contribution in [1.82, 2.24) is 5.43 Å². The van der Waals surface area contributed by atoms with Crippen LogP contribution in [0.2, 0.25) is 15.1 Å². The Bertz CT molecular complexity index is 951. The predicted molar refractivity (Wildman–Crippen MR) is 101 cm³/mol. The third-order valence-electron chi connectivity index (χ3n) is 3.27. The van der Waals surface area contributed by atoms with Crippen LogP contribution in [0.3, 0.4) is 0 Å². The van der Waals surface area contributed by atoms with Gasteiger partial charge in [-0.25, -0.2) is 5.43 Å². The fourth-order valence-electron chi connectivity index (χ4n) is 2.11. The summed E-state index contributed by atoms with van der Waals surface area (Å²) < 4.78 is 5.65. The van der Waals surface area contributed by atoms with Gasteiger partial charge in [0.15, 0.2) is 0 Å². The lowest BCUT2D eigenvalue weighted by molar-refractivity contribution is 0.0955. The summed E-state index contributed by atoms with van der Waals surface area (Å²) in [5.41, 5.74) is 3.54. The Balaban J connectivity index is 1.69. The maximum absolute atomic E-state index is 11.9. The normalized spacial score (nSPS) is 11.0. The molecule has 0 atom stereocenters. The molecule has 1 amide bonds. The number of hydrogen-bond donors (Lipinski definition) is 1. The van der Waals surface area contributed by atoms with E-state index >= 15 is 0 Å². The summed E-state index contributed by atoms with van der Waals surface area (Å²) in [6.07, 6.45) is 1.40. The van der Waals surface area contributed by atoms with Gasteiger partial charge >= 0.3 is 0 Å². The van der Waals surface area contributed by atoms with Gasteiger partial charge in [-0.3, -0.25) is 4.79 Å². The van der Waals surface area contributed by atoms with Gasteiger partial charge in [-0.05, 0) is 48.5 Å². The van der Waals surface area contributed by atoms with Gasteiger partial charge in [-0.1, -0.05) is 40.9 Å². The molecule has 1 N–H and O–H groups in total. The summed E-state index contributed by atoms with van der Waals surface area (Å²) in [6.45, 7) is 0. The highest BCUT2D eigenvalue weighted by atomic mass is 35.5. The zero-order valence-electron chi connectivity index (χ0n) is 12.7. The Kier molecular flexibility index (Phi) is 5.43. The number of hydrazone groups is 1. The first-order chi connectivity index (χ1) is 12.0. The molecule has 0 radical (unpaired) electrons. The lowest BCUT2D eigenvalue weighted by atomic mass is 10.2. The summed E-state index contributed by atoms with van der Waals surface area (Å²) in [6, 6.07) is 15.2. The van der Waals surface area contributed by atoms with Gasteiger partial charge in [-0.15, -0.1) is 0 Å². The standard InChI is InChI=1S/C18H11Cl3N2O2/c19-12-3-1-2-11(8-12)18(24)23-22-10-14-5-7-17(25-14)15-6-4-13(20)9-16(15)21/h1-10H,(H,23,24)/b22-10-. The lowest BCUT2D eigenvalue weighted by Crippen LogP contribution is -2.17. The quantitative estimate of drug-likeness (QED) is 0.458. The van der Waals surface area contributed by atoms with Crippen LogP contribution in [0.5, 0.6) is 0 Å². The van der Waals surface area contributed by atoms with E-state index in [1.54, 1.807) is 54.6 Å².